The largest absolute Gasteiger partial charge is 0.469 e. The highest BCUT2D eigenvalue weighted by atomic mass is 79.9. The number of ketones is 1. The molecule has 0 spiro atoms. The zero-order chi connectivity index (χ0) is 12.3. The maximum atomic E-state index is 12.1. The Morgan fingerprint density at radius 2 is 2.41 bits per heavy atom. The van der Waals surface area contributed by atoms with E-state index >= 15 is 0 Å². The molecule has 0 aromatic carbocycles. The third-order valence-corrected chi connectivity index (χ3v) is 3.12. The maximum Gasteiger partial charge on any atom is 0.182 e. The fourth-order valence-corrected chi connectivity index (χ4v) is 2.21. The summed E-state index contributed by atoms with van der Waals surface area (Å²) in [6.45, 7) is 2.65. The molecule has 0 saturated heterocycles. The van der Waals surface area contributed by atoms with Gasteiger partial charge in [-0.3, -0.25) is 9.48 Å². The van der Waals surface area contributed by atoms with E-state index in [1.165, 1.54) is 0 Å². The minimum absolute atomic E-state index is 0.0765. The van der Waals surface area contributed by atoms with Gasteiger partial charge >= 0.3 is 0 Å². The first-order valence-electron chi connectivity index (χ1n) is 5.49. The van der Waals surface area contributed by atoms with E-state index in [4.69, 9.17) is 4.42 Å². The van der Waals surface area contributed by atoms with Gasteiger partial charge in [0.2, 0.25) is 0 Å². The molecule has 2 heterocycles. The van der Waals surface area contributed by atoms with E-state index in [0.29, 0.717) is 25.1 Å². The maximum absolute atomic E-state index is 12.1. The average Bonchev–Trinajstić information content (AvgIpc) is 2.94. The molecule has 2 aromatic rings. The van der Waals surface area contributed by atoms with Crippen LogP contribution in [0.3, 0.4) is 0 Å². The number of aryl methyl sites for hydroxylation is 2. The first-order chi connectivity index (χ1) is 8.22. The molecule has 0 fully saturated rings. The molecule has 0 unspecified atom stereocenters. The number of rotatable bonds is 5. The number of aromatic nitrogens is 2. The highest BCUT2D eigenvalue weighted by Crippen LogP contribution is 2.18. The Kier molecular flexibility index (Phi) is 3.78. The normalized spacial score (nSPS) is 10.7. The van der Waals surface area contributed by atoms with Gasteiger partial charge in [-0.1, -0.05) is 0 Å². The van der Waals surface area contributed by atoms with Crippen LogP contribution in [0.15, 0.2) is 33.5 Å². The van der Waals surface area contributed by atoms with E-state index < -0.39 is 0 Å². The van der Waals surface area contributed by atoms with Gasteiger partial charge in [0, 0.05) is 19.4 Å². The standard InChI is InChI=1S/C12H13BrN2O2/c1-2-15-12(10(13)8-14-15)11(16)6-5-9-4-3-7-17-9/h3-4,7-8H,2,5-6H2,1H3. The number of carbonyl (C=O) groups excluding carboxylic acids is 1. The predicted octanol–water partition coefficient (Wildman–Crippen LogP) is 3.07. The van der Waals surface area contributed by atoms with Crippen molar-refractivity contribution in [3.63, 3.8) is 0 Å². The number of hydrogen-bond donors (Lipinski definition) is 0. The van der Waals surface area contributed by atoms with Crippen LogP contribution in [0, 0.1) is 0 Å². The highest BCUT2D eigenvalue weighted by molar-refractivity contribution is 9.10. The summed E-state index contributed by atoms with van der Waals surface area (Å²) in [5.41, 5.74) is 0.638. The van der Waals surface area contributed by atoms with Crippen LogP contribution >= 0.6 is 15.9 Å². The summed E-state index contributed by atoms with van der Waals surface area (Å²) in [5.74, 6) is 0.907. The molecule has 2 rings (SSSR count). The quantitative estimate of drug-likeness (QED) is 0.797. The van der Waals surface area contributed by atoms with Gasteiger partial charge in [-0.25, -0.2) is 0 Å². The van der Waals surface area contributed by atoms with Crippen molar-refractivity contribution in [1.29, 1.82) is 0 Å². The van der Waals surface area contributed by atoms with Crippen LogP contribution in [0.2, 0.25) is 0 Å². The van der Waals surface area contributed by atoms with Crippen molar-refractivity contribution < 1.29 is 9.21 Å². The lowest BCUT2D eigenvalue weighted by Gasteiger charge is -2.03. The molecule has 0 aliphatic heterocycles. The number of furan rings is 1. The van der Waals surface area contributed by atoms with Crippen LogP contribution in [-0.4, -0.2) is 15.6 Å². The number of halogens is 1. The monoisotopic (exact) mass is 296 g/mol. The Labute approximate surface area is 108 Å². The Morgan fingerprint density at radius 3 is 3.06 bits per heavy atom. The fraction of sp³-hybridized carbons (Fsp3) is 0.333. The van der Waals surface area contributed by atoms with Crippen LogP contribution in [0.4, 0.5) is 0 Å². The van der Waals surface area contributed by atoms with Crippen molar-refractivity contribution in [2.75, 3.05) is 0 Å². The zero-order valence-corrected chi connectivity index (χ0v) is 11.1. The third kappa shape index (κ3) is 2.66. The van der Waals surface area contributed by atoms with E-state index in [9.17, 15) is 4.79 Å². The van der Waals surface area contributed by atoms with Crippen molar-refractivity contribution in [2.24, 2.45) is 0 Å². The lowest BCUT2D eigenvalue weighted by Crippen LogP contribution is -2.10. The van der Waals surface area contributed by atoms with Crippen molar-refractivity contribution in [3.05, 3.63) is 40.5 Å². The minimum atomic E-state index is 0.0765. The van der Waals surface area contributed by atoms with Gasteiger partial charge in [0.05, 0.1) is 16.9 Å². The molecule has 0 aliphatic carbocycles. The first-order valence-corrected chi connectivity index (χ1v) is 6.28. The van der Waals surface area contributed by atoms with Crippen LogP contribution in [0.25, 0.3) is 0 Å². The summed E-state index contributed by atoms with van der Waals surface area (Å²) in [7, 11) is 0. The van der Waals surface area contributed by atoms with E-state index in [1.54, 1.807) is 17.1 Å². The molecule has 0 radical (unpaired) electrons. The minimum Gasteiger partial charge on any atom is -0.469 e. The van der Waals surface area contributed by atoms with E-state index in [0.717, 1.165) is 10.2 Å². The van der Waals surface area contributed by atoms with Gasteiger partial charge in [-0.05, 0) is 35.0 Å². The summed E-state index contributed by atoms with van der Waals surface area (Å²) in [4.78, 5) is 12.1. The Bertz CT molecular complexity index is 503. The molecular formula is C12H13BrN2O2. The summed E-state index contributed by atoms with van der Waals surface area (Å²) >= 11 is 3.35. The van der Waals surface area contributed by atoms with Crippen LogP contribution < -0.4 is 0 Å². The molecule has 0 saturated carbocycles. The zero-order valence-electron chi connectivity index (χ0n) is 9.52. The number of carbonyl (C=O) groups is 1. The van der Waals surface area contributed by atoms with Gasteiger partial charge in [-0.2, -0.15) is 5.10 Å². The van der Waals surface area contributed by atoms with Crippen LogP contribution in [0.5, 0.6) is 0 Å². The number of Topliss-reactive ketones (excluding diaryl/α,β-unsaturated/α-hetero) is 1. The molecule has 2 aromatic heterocycles. The summed E-state index contributed by atoms with van der Waals surface area (Å²) in [6.07, 6.45) is 4.32. The predicted molar refractivity (Wildman–Crippen MR) is 67.0 cm³/mol. The molecule has 0 N–H and O–H groups in total. The summed E-state index contributed by atoms with van der Waals surface area (Å²) < 4.78 is 7.66. The second-order valence-corrected chi connectivity index (χ2v) is 4.51. The number of nitrogens with zero attached hydrogens (tertiary/aromatic N) is 2. The first kappa shape index (κ1) is 12.1. The highest BCUT2D eigenvalue weighted by Gasteiger charge is 2.16. The van der Waals surface area contributed by atoms with Crippen molar-refractivity contribution in [1.82, 2.24) is 9.78 Å². The van der Waals surface area contributed by atoms with Crippen molar-refractivity contribution >= 4 is 21.7 Å². The lowest BCUT2D eigenvalue weighted by molar-refractivity contribution is 0.0970. The van der Waals surface area contributed by atoms with E-state index in [-0.39, 0.29) is 5.78 Å². The van der Waals surface area contributed by atoms with Crippen LogP contribution in [-0.2, 0) is 13.0 Å². The van der Waals surface area contributed by atoms with E-state index in [2.05, 4.69) is 21.0 Å². The topological polar surface area (TPSA) is 48.0 Å². The molecule has 0 aliphatic rings. The van der Waals surface area contributed by atoms with Crippen molar-refractivity contribution in [2.45, 2.75) is 26.3 Å². The average molecular weight is 297 g/mol. The SMILES string of the molecule is CCn1ncc(Br)c1C(=O)CCc1ccco1. The molecule has 4 nitrogen and oxygen atoms in total. The number of hydrogen-bond acceptors (Lipinski definition) is 3. The molecule has 0 atom stereocenters. The third-order valence-electron chi connectivity index (χ3n) is 2.54. The Hall–Kier alpha value is -1.36. The molecular weight excluding hydrogens is 284 g/mol. The summed E-state index contributed by atoms with van der Waals surface area (Å²) in [6, 6.07) is 3.70. The molecule has 5 heteroatoms. The molecule has 90 valence electrons. The molecule has 17 heavy (non-hydrogen) atoms. The van der Waals surface area contributed by atoms with Gasteiger partial charge < -0.3 is 4.42 Å². The second-order valence-electron chi connectivity index (χ2n) is 3.66. The summed E-state index contributed by atoms with van der Waals surface area (Å²) in [5, 5.41) is 4.13. The molecule has 0 amide bonds. The second kappa shape index (κ2) is 5.31. The van der Waals surface area contributed by atoms with Gasteiger partial charge in [0.1, 0.15) is 11.5 Å². The van der Waals surface area contributed by atoms with Crippen molar-refractivity contribution in [3.8, 4) is 0 Å². The van der Waals surface area contributed by atoms with Gasteiger partial charge in [0.15, 0.2) is 5.78 Å². The van der Waals surface area contributed by atoms with Gasteiger partial charge in [-0.15, -0.1) is 0 Å². The Morgan fingerprint density at radius 1 is 1.59 bits per heavy atom. The van der Waals surface area contributed by atoms with Crippen LogP contribution in [0.1, 0.15) is 29.6 Å². The van der Waals surface area contributed by atoms with E-state index in [1.807, 2.05) is 19.1 Å². The smallest absolute Gasteiger partial charge is 0.182 e. The fourth-order valence-electron chi connectivity index (χ4n) is 1.69. The lowest BCUT2D eigenvalue weighted by atomic mass is 10.1. The van der Waals surface area contributed by atoms with Gasteiger partial charge in [0.25, 0.3) is 0 Å². The molecule has 0 bridgehead atoms. The Balaban J connectivity index is 2.06.